The molecule has 90 valence electrons. The topological polar surface area (TPSA) is 12.0 Å². The van der Waals surface area contributed by atoms with Crippen molar-refractivity contribution in [2.75, 3.05) is 7.05 Å². The second-order valence-corrected chi connectivity index (χ2v) is 5.09. The van der Waals surface area contributed by atoms with Crippen LogP contribution in [-0.2, 0) is 0 Å². The average Bonchev–Trinajstić information content (AvgIpc) is 2.12. The lowest BCUT2D eigenvalue weighted by molar-refractivity contribution is -0.156. The number of benzene rings is 1. The lowest BCUT2D eigenvalue weighted by Crippen LogP contribution is -2.31. The fourth-order valence-corrected chi connectivity index (χ4v) is 2.43. The largest absolute Gasteiger partial charge is 0.407 e. The first-order chi connectivity index (χ1) is 7.27. The van der Waals surface area contributed by atoms with Gasteiger partial charge < -0.3 is 5.32 Å². The summed E-state index contributed by atoms with van der Waals surface area (Å²) in [4.78, 5) is 0. The van der Waals surface area contributed by atoms with Crippen molar-refractivity contribution in [1.82, 2.24) is 5.32 Å². The predicted octanol–water partition coefficient (Wildman–Crippen LogP) is 4.34. The van der Waals surface area contributed by atoms with Gasteiger partial charge in [-0.15, -0.1) is 0 Å². The Balaban J connectivity index is 3.26. The van der Waals surface area contributed by atoms with Crippen molar-refractivity contribution in [2.24, 2.45) is 0 Å². The van der Waals surface area contributed by atoms with Crippen LogP contribution in [0.3, 0.4) is 0 Å². The number of alkyl halides is 3. The van der Waals surface area contributed by atoms with Crippen LogP contribution in [0, 0.1) is 6.92 Å². The molecule has 0 bridgehead atoms. The molecule has 0 saturated heterocycles. The van der Waals surface area contributed by atoms with Crippen molar-refractivity contribution in [1.29, 1.82) is 0 Å². The van der Waals surface area contributed by atoms with Gasteiger partial charge in [0.15, 0.2) is 0 Å². The van der Waals surface area contributed by atoms with Crippen LogP contribution in [0.25, 0.3) is 0 Å². The molecule has 6 heteroatoms. The highest BCUT2D eigenvalue weighted by Gasteiger charge is 2.40. The quantitative estimate of drug-likeness (QED) is 0.827. The summed E-state index contributed by atoms with van der Waals surface area (Å²) in [5, 5.41) is 2.27. The number of nitrogens with one attached hydrogen (secondary N) is 1. The van der Waals surface area contributed by atoms with E-state index in [1.807, 2.05) is 6.92 Å². The van der Waals surface area contributed by atoms with Crippen LogP contribution >= 0.6 is 31.9 Å². The molecule has 0 fully saturated rings. The molecule has 0 heterocycles. The van der Waals surface area contributed by atoms with Gasteiger partial charge in [0.1, 0.15) is 6.04 Å². The number of halogens is 5. The molecule has 16 heavy (non-hydrogen) atoms. The van der Waals surface area contributed by atoms with Crippen LogP contribution in [0.15, 0.2) is 21.1 Å². The fraction of sp³-hybridized carbons (Fsp3) is 0.400. The summed E-state index contributed by atoms with van der Waals surface area (Å²) in [6.45, 7) is 1.82. The Bertz CT molecular complexity index is 390. The van der Waals surface area contributed by atoms with E-state index in [0.717, 1.165) is 5.56 Å². The summed E-state index contributed by atoms with van der Waals surface area (Å²) in [5.41, 5.74) is 1.06. The highest BCUT2D eigenvalue weighted by atomic mass is 79.9. The van der Waals surface area contributed by atoms with Crippen molar-refractivity contribution in [2.45, 2.75) is 19.1 Å². The molecule has 1 rings (SSSR count). The van der Waals surface area contributed by atoms with E-state index in [1.54, 1.807) is 6.07 Å². The monoisotopic (exact) mass is 359 g/mol. The van der Waals surface area contributed by atoms with Crippen LogP contribution in [0.1, 0.15) is 17.2 Å². The van der Waals surface area contributed by atoms with Crippen molar-refractivity contribution >= 4 is 31.9 Å². The molecule has 0 aromatic heterocycles. The van der Waals surface area contributed by atoms with E-state index in [-0.39, 0.29) is 5.56 Å². The molecule has 1 aromatic carbocycles. The number of aryl methyl sites for hydroxylation is 1. The van der Waals surface area contributed by atoms with Gasteiger partial charge in [-0.1, -0.05) is 31.9 Å². The minimum Gasteiger partial charge on any atom is -0.306 e. The van der Waals surface area contributed by atoms with Gasteiger partial charge in [-0.25, -0.2) is 0 Å². The maximum absolute atomic E-state index is 12.7. The molecule has 1 nitrogen and oxygen atoms in total. The lowest BCUT2D eigenvalue weighted by Gasteiger charge is -2.21. The second-order valence-electron chi connectivity index (χ2n) is 3.39. The van der Waals surface area contributed by atoms with Gasteiger partial charge in [-0.05, 0) is 37.2 Å². The van der Waals surface area contributed by atoms with E-state index < -0.39 is 12.2 Å². The maximum atomic E-state index is 12.7. The van der Waals surface area contributed by atoms with Crippen molar-refractivity contribution < 1.29 is 13.2 Å². The first-order valence-electron chi connectivity index (χ1n) is 4.47. The summed E-state index contributed by atoms with van der Waals surface area (Å²) in [5.74, 6) is 0. The Morgan fingerprint density at radius 2 is 1.75 bits per heavy atom. The predicted molar refractivity (Wildman–Crippen MR) is 64.4 cm³/mol. The van der Waals surface area contributed by atoms with Crippen LogP contribution in [-0.4, -0.2) is 13.2 Å². The summed E-state index contributed by atoms with van der Waals surface area (Å²) < 4.78 is 39.3. The van der Waals surface area contributed by atoms with Crippen molar-refractivity contribution in [3.63, 3.8) is 0 Å². The zero-order chi connectivity index (χ0) is 12.5. The molecule has 0 aliphatic carbocycles. The van der Waals surface area contributed by atoms with E-state index in [1.165, 1.54) is 13.1 Å². The third-order valence-corrected chi connectivity index (χ3v) is 3.75. The number of hydrogen-bond donors (Lipinski definition) is 1. The van der Waals surface area contributed by atoms with E-state index in [0.29, 0.717) is 8.95 Å². The van der Waals surface area contributed by atoms with Gasteiger partial charge in [-0.2, -0.15) is 13.2 Å². The minimum absolute atomic E-state index is 0.174. The zero-order valence-electron chi connectivity index (χ0n) is 8.62. The van der Waals surface area contributed by atoms with Crippen molar-refractivity contribution in [3.8, 4) is 0 Å². The fourth-order valence-electron chi connectivity index (χ4n) is 1.38. The smallest absolute Gasteiger partial charge is 0.306 e. The van der Waals surface area contributed by atoms with Crippen LogP contribution in [0.2, 0.25) is 0 Å². The molecule has 0 saturated carbocycles. The van der Waals surface area contributed by atoms with E-state index >= 15 is 0 Å². The molecule has 1 N–H and O–H groups in total. The molecule has 1 aromatic rings. The molecule has 0 radical (unpaired) electrons. The molecule has 0 aliphatic rings. The highest BCUT2D eigenvalue weighted by molar-refractivity contribution is 9.11. The normalized spacial score (nSPS) is 13.9. The standard InChI is InChI=1S/C10H10Br2F3N/c1-5-3-8(12)6(4-7(5)11)9(16-2)10(13,14)15/h3-4,9,16H,1-2H3. The molecule has 1 atom stereocenters. The van der Waals surface area contributed by atoms with Gasteiger partial charge in [0.2, 0.25) is 0 Å². The molecule has 0 spiro atoms. The third kappa shape index (κ3) is 2.99. The summed E-state index contributed by atoms with van der Waals surface area (Å²) in [7, 11) is 1.29. The third-order valence-electron chi connectivity index (χ3n) is 2.20. The second kappa shape index (κ2) is 5.06. The van der Waals surface area contributed by atoms with Gasteiger partial charge in [-0.3, -0.25) is 0 Å². The summed E-state index contributed by atoms with van der Waals surface area (Å²) in [6.07, 6.45) is -4.31. The molecule has 0 amide bonds. The van der Waals surface area contributed by atoms with E-state index in [2.05, 4.69) is 37.2 Å². The average molecular weight is 361 g/mol. The summed E-state index contributed by atoms with van der Waals surface area (Å²) in [6, 6.07) is 1.47. The van der Waals surface area contributed by atoms with E-state index in [9.17, 15) is 13.2 Å². The maximum Gasteiger partial charge on any atom is 0.407 e. The van der Waals surface area contributed by atoms with Crippen molar-refractivity contribution in [3.05, 3.63) is 32.2 Å². The molecular formula is C10H10Br2F3N. The zero-order valence-corrected chi connectivity index (χ0v) is 11.8. The van der Waals surface area contributed by atoms with Crippen LogP contribution < -0.4 is 5.32 Å². The molecular weight excluding hydrogens is 351 g/mol. The molecule has 1 unspecified atom stereocenters. The first kappa shape index (κ1) is 14.0. The van der Waals surface area contributed by atoms with Gasteiger partial charge >= 0.3 is 6.18 Å². The van der Waals surface area contributed by atoms with Crippen LogP contribution in [0.4, 0.5) is 13.2 Å². The van der Waals surface area contributed by atoms with E-state index in [4.69, 9.17) is 0 Å². The SMILES string of the molecule is CNC(c1cc(Br)c(C)cc1Br)C(F)(F)F. The highest BCUT2D eigenvalue weighted by Crippen LogP contribution is 2.38. The lowest BCUT2D eigenvalue weighted by atomic mass is 10.1. The van der Waals surface area contributed by atoms with Gasteiger partial charge in [0, 0.05) is 8.95 Å². The van der Waals surface area contributed by atoms with Gasteiger partial charge in [0.05, 0.1) is 0 Å². The number of rotatable bonds is 2. The van der Waals surface area contributed by atoms with Gasteiger partial charge in [0.25, 0.3) is 0 Å². The Labute approximate surface area is 109 Å². The molecule has 0 aliphatic heterocycles. The Kier molecular flexibility index (Phi) is 4.42. The Morgan fingerprint density at radius 1 is 1.19 bits per heavy atom. The number of hydrogen-bond acceptors (Lipinski definition) is 1. The minimum atomic E-state index is -4.31. The summed E-state index contributed by atoms with van der Waals surface area (Å²) >= 11 is 6.38. The first-order valence-corrected chi connectivity index (χ1v) is 6.05. The Hall–Kier alpha value is -0.0700. The van der Waals surface area contributed by atoms with Crippen LogP contribution in [0.5, 0.6) is 0 Å². The Morgan fingerprint density at radius 3 is 2.19 bits per heavy atom.